The Bertz CT molecular complexity index is 602. The van der Waals surface area contributed by atoms with E-state index in [0.29, 0.717) is 28.7 Å². The molecule has 1 aromatic carbocycles. The van der Waals surface area contributed by atoms with E-state index in [2.05, 4.69) is 26.8 Å². The van der Waals surface area contributed by atoms with Crippen LogP contribution in [0.1, 0.15) is 11.4 Å². The zero-order chi connectivity index (χ0) is 13.0. The van der Waals surface area contributed by atoms with E-state index in [1.807, 2.05) is 18.2 Å². The summed E-state index contributed by atoms with van der Waals surface area (Å²) in [5, 5.41) is 12.1. The summed E-state index contributed by atoms with van der Waals surface area (Å²) in [5.74, 6) is 7.00. The highest BCUT2D eigenvalue weighted by molar-refractivity contribution is 5.65. The summed E-state index contributed by atoms with van der Waals surface area (Å²) >= 11 is 0. The Kier molecular flexibility index (Phi) is 3.36. The lowest BCUT2D eigenvalue weighted by molar-refractivity contribution is 1.05. The summed E-state index contributed by atoms with van der Waals surface area (Å²) in [4.78, 5) is 8.31. The maximum Gasteiger partial charge on any atom is 0.145 e. The molecule has 0 aliphatic carbocycles. The van der Waals surface area contributed by atoms with Crippen molar-refractivity contribution in [2.24, 2.45) is 5.84 Å². The molecule has 0 radical (unpaired) electrons. The molecule has 0 atom stereocenters. The van der Waals surface area contributed by atoms with Gasteiger partial charge >= 0.3 is 0 Å². The van der Waals surface area contributed by atoms with Crippen LogP contribution in [0.2, 0.25) is 0 Å². The fraction of sp³-hybridized carbons (Fsp3) is 0.0833. The zero-order valence-electron chi connectivity index (χ0n) is 9.81. The molecule has 0 spiro atoms. The van der Waals surface area contributed by atoms with E-state index in [-0.39, 0.29) is 0 Å². The Labute approximate surface area is 104 Å². The van der Waals surface area contributed by atoms with E-state index < -0.39 is 0 Å². The SMILES string of the molecule is Cc1nc(NN)cc(Nc2ccccc2C#N)n1. The van der Waals surface area contributed by atoms with Gasteiger partial charge in [-0.1, -0.05) is 12.1 Å². The maximum atomic E-state index is 9.00. The van der Waals surface area contributed by atoms with Crippen LogP contribution in [0.15, 0.2) is 30.3 Å². The minimum absolute atomic E-state index is 0.513. The third kappa shape index (κ3) is 2.53. The van der Waals surface area contributed by atoms with E-state index in [1.165, 1.54) is 0 Å². The number of benzene rings is 1. The first kappa shape index (κ1) is 11.8. The van der Waals surface area contributed by atoms with Crippen molar-refractivity contribution in [2.45, 2.75) is 6.92 Å². The molecule has 2 rings (SSSR count). The van der Waals surface area contributed by atoms with Crippen molar-refractivity contribution >= 4 is 17.3 Å². The summed E-state index contributed by atoms with van der Waals surface area (Å²) in [6.45, 7) is 1.77. The van der Waals surface area contributed by atoms with Gasteiger partial charge < -0.3 is 10.7 Å². The van der Waals surface area contributed by atoms with Crippen LogP contribution in [0, 0.1) is 18.3 Å². The van der Waals surface area contributed by atoms with Crippen LogP contribution in [0.4, 0.5) is 17.3 Å². The van der Waals surface area contributed by atoms with Crippen molar-refractivity contribution in [1.82, 2.24) is 9.97 Å². The number of aromatic nitrogens is 2. The largest absolute Gasteiger partial charge is 0.339 e. The summed E-state index contributed by atoms with van der Waals surface area (Å²) in [7, 11) is 0. The third-order valence-electron chi connectivity index (χ3n) is 2.30. The fourth-order valence-electron chi connectivity index (χ4n) is 1.53. The lowest BCUT2D eigenvalue weighted by Crippen LogP contribution is -2.10. The second-order valence-corrected chi connectivity index (χ2v) is 3.61. The van der Waals surface area contributed by atoms with Crippen molar-refractivity contribution in [3.05, 3.63) is 41.7 Å². The first-order chi connectivity index (χ1) is 8.72. The lowest BCUT2D eigenvalue weighted by atomic mass is 10.2. The molecule has 0 fully saturated rings. The highest BCUT2D eigenvalue weighted by Crippen LogP contribution is 2.20. The summed E-state index contributed by atoms with van der Waals surface area (Å²) in [6.07, 6.45) is 0. The normalized spacial score (nSPS) is 9.61. The van der Waals surface area contributed by atoms with Crippen molar-refractivity contribution in [2.75, 3.05) is 10.7 Å². The first-order valence-corrected chi connectivity index (χ1v) is 5.31. The second kappa shape index (κ2) is 5.12. The highest BCUT2D eigenvalue weighted by Gasteiger charge is 2.04. The average molecular weight is 240 g/mol. The van der Waals surface area contributed by atoms with Crippen molar-refractivity contribution in [3.63, 3.8) is 0 Å². The number of nitriles is 1. The number of nitrogens with zero attached hydrogens (tertiary/aromatic N) is 3. The number of hydrogen-bond donors (Lipinski definition) is 3. The molecule has 6 nitrogen and oxygen atoms in total. The third-order valence-corrected chi connectivity index (χ3v) is 2.30. The van der Waals surface area contributed by atoms with Gasteiger partial charge in [-0.25, -0.2) is 15.8 Å². The molecule has 1 aromatic heterocycles. The Balaban J connectivity index is 2.34. The van der Waals surface area contributed by atoms with E-state index in [0.717, 1.165) is 0 Å². The lowest BCUT2D eigenvalue weighted by Gasteiger charge is -2.09. The van der Waals surface area contributed by atoms with Crippen molar-refractivity contribution in [3.8, 4) is 6.07 Å². The Morgan fingerprint density at radius 1 is 1.22 bits per heavy atom. The van der Waals surface area contributed by atoms with E-state index in [4.69, 9.17) is 11.1 Å². The van der Waals surface area contributed by atoms with Gasteiger partial charge in [-0.05, 0) is 19.1 Å². The predicted molar refractivity (Wildman–Crippen MR) is 69.0 cm³/mol. The molecule has 18 heavy (non-hydrogen) atoms. The number of nitrogen functional groups attached to an aromatic ring is 1. The van der Waals surface area contributed by atoms with Crippen LogP contribution in [-0.4, -0.2) is 9.97 Å². The van der Waals surface area contributed by atoms with Crippen LogP contribution in [0.25, 0.3) is 0 Å². The van der Waals surface area contributed by atoms with Gasteiger partial charge in [0.1, 0.15) is 23.5 Å². The number of nitrogens with two attached hydrogens (primary N) is 1. The van der Waals surface area contributed by atoms with E-state index in [1.54, 1.807) is 19.1 Å². The van der Waals surface area contributed by atoms with Gasteiger partial charge in [-0.15, -0.1) is 0 Å². The van der Waals surface area contributed by atoms with Gasteiger partial charge in [0.25, 0.3) is 0 Å². The van der Waals surface area contributed by atoms with Gasteiger partial charge in [0, 0.05) is 6.07 Å². The molecule has 0 unspecified atom stereocenters. The molecule has 2 aromatic rings. The standard InChI is InChI=1S/C12H12N6/c1-8-15-11(6-12(16-8)18-14)17-10-5-3-2-4-9(10)7-13/h2-6H,14H2,1H3,(H2,15,16,17,18). The minimum Gasteiger partial charge on any atom is -0.339 e. The summed E-state index contributed by atoms with van der Waals surface area (Å²) < 4.78 is 0. The molecule has 0 aliphatic rings. The molecule has 0 bridgehead atoms. The fourth-order valence-corrected chi connectivity index (χ4v) is 1.53. The maximum absolute atomic E-state index is 9.00. The Morgan fingerprint density at radius 2 is 1.94 bits per heavy atom. The topological polar surface area (TPSA) is 99.6 Å². The smallest absolute Gasteiger partial charge is 0.145 e. The van der Waals surface area contributed by atoms with Crippen LogP contribution >= 0.6 is 0 Å². The van der Waals surface area contributed by atoms with Gasteiger partial charge in [0.05, 0.1) is 11.3 Å². The second-order valence-electron chi connectivity index (χ2n) is 3.61. The average Bonchev–Trinajstić information content (AvgIpc) is 2.38. The predicted octanol–water partition coefficient (Wildman–Crippen LogP) is 1.69. The van der Waals surface area contributed by atoms with Gasteiger partial charge in [-0.2, -0.15) is 5.26 Å². The Morgan fingerprint density at radius 3 is 2.67 bits per heavy atom. The first-order valence-electron chi connectivity index (χ1n) is 5.31. The number of rotatable bonds is 3. The van der Waals surface area contributed by atoms with Crippen molar-refractivity contribution < 1.29 is 0 Å². The quantitative estimate of drug-likeness (QED) is 0.557. The molecule has 0 aliphatic heterocycles. The number of anilines is 3. The molecule has 0 saturated heterocycles. The van der Waals surface area contributed by atoms with E-state index >= 15 is 0 Å². The number of nitrogens with one attached hydrogen (secondary N) is 2. The van der Waals surface area contributed by atoms with Gasteiger partial charge in [0.15, 0.2) is 0 Å². The van der Waals surface area contributed by atoms with Crippen LogP contribution in [0.5, 0.6) is 0 Å². The number of hydrogen-bond acceptors (Lipinski definition) is 6. The number of aryl methyl sites for hydroxylation is 1. The van der Waals surface area contributed by atoms with Gasteiger partial charge in [0.2, 0.25) is 0 Å². The molecule has 0 saturated carbocycles. The van der Waals surface area contributed by atoms with Crippen LogP contribution in [0.3, 0.4) is 0 Å². The molecule has 6 heteroatoms. The summed E-state index contributed by atoms with van der Waals surface area (Å²) in [6, 6.07) is 11.0. The van der Waals surface area contributed by atoms with E-state index in [9.17, 15) is 0 Å². The molecule has 90 valence electrons. The minimum atomic E-state index is 0.513. The molecule has 1 heterocycles. The number of para-hydroxylation sites is 1. The zero-order valence-corrected chi connectivity index (χ0v) is 9.81. The monoisotopic (exact) mass is 240 g/mol. The summed E-state index contributed by atoms with van der Waals surface area (Å²) in [5.41, 5.74) is 3.71. The van der Waals surface area contributed by atoms with Crippen LogP contribution < -0.4 is 16.6 Å². The Hall–Kier alpha value is -2.65. The molecule has 4 N–H and O–H groups in total. The number of hydrazine groups is 1. The highest BCUT2D eigenvalue weighted by atomic mass is 15.3. The molecular weight excluding hydrogens is 228 g/mol. The molecular formula is C12H12N6. The molecule has 0 amide bonds. The van der Waals surface area contributed by atoms with Gasteiger partial charge in [-0.3, -0.25) is 0 Å². The van der Waals surface area contributed by atoms with Crippen LogP contribution in [-0.2, 0) is 0 Å². The van der Waals surface area contributed by atoms with Crippen molar-refractivity contribution in [1.29, 1.82) is 5.26 Å².